The highest BCUT2D eigenvalue weighted by molar-refractivity contribution is 8.00. The summed E-state index contributed by atoms with van der Waals surface area (Å²) in [7, 11) is 0. The number of nitrogens with one attached hydrogen (secondary N) is 1. The van der Waals surface area contributed by atoms with Gasteiger partial charge in [-0.2, -0.15) is 0 Å². The molecule has 1 N–H and O–H groups in total. The second kappa shape index (κ2) is 8.72. The van der Waals surface area contributed by atoms with Gasteiger partial charge in [-0.1, -0.05) is 17.7 Å². The Morgan fingerprint density at radius 2 is 1.80 bits per heavy atom. The average molecular weight is 357 g/mol. The molecule has 2 rings (SSSR count). The van der Waals surface area contributed by atoms with Gasteiger partial charge in [0.1, 0.15) is 0 Å². The van der Waals surface area contributed by atoms with Crippen molar-refractivity contribution < 1.29 is 14.3 Å². The number of anilines is 1. The summed E-state index contributed by atoms with van der Waals surface area (Å²) in [5, 5.41) is 2.70. The molecule has 0 spiro atoms. The molecule has 1 atom stereocenters. The lowest BCUT2D eigenvalue weighted by Gasteiger charge is -2.14. The molecular weight excluding hydrogens is 334 g/mol. The summed E-state index contributed by atoms with van der Waals surface area (Å²) in [6, 6.07) is 13.2. The molecule has 0 aliphatic rings. The minimum Gasteiger partial charge on any atom is -0.462 e. The van der Waals surface area contributed by atoms with E-state index < -0.39 is 0 Å². The number of thioether (sulfide) groups is 1. The van der Waals surface area contributed by atoms with Gasteiger partial charge in [-0.05, 0) is 63.6 Å². The Kier molecular flexibility index (Phi) is 6.65. The monoisotopic (exact) mass is 357 g/mol. The van der Waals surface area contributed by atoms with Crippen LogP contribution in [0.3, 0.4) is 0 Å². The minimum absolute atomic E-state index is 0.0717. The van der Waals surface area contributed by atoms with Crippen LogP contribution in [0.5, 0.6) is 0 Å². The van der Waals surface area contributed by atoms with Crippen LogP contribution >= 0.6 is 11.8 Å². The highest BCUT2D eigenvalue weighted by Crippen LogP contribution is 2.25. The van der Waals surface area contributed by atoms with Crippen LogP contribution in [0, 0.1) is 13.8 Å². The summed E-state index contributed by atoms with van der Waals surface area (Å²) in [6.45, 7) is 7.88. The number of ether oxygens (including phenoxy) is 1. The van der Waals surface area contributed by atoms with Crippen LogP contribution < -0.4 is 5.32 Å². The van der Waals surface area contributed by atoms with Crippen LogP contribution in [0.1, 0.15) is 35.3 Å². The predicted molar refractivity (Wildman–Crippen MR) is 102 cm³/mol. The van der Waals surface area contributed by atoms with Crippen molar-refractivity contribution in [3.05, 3.63) is 59.2 Å². The van der Waals surface area contributed by atoms with E-state index in [2.05, 4.69) is 5.32 Å². The number of esters is 1. The van der Waals surface area contributed by atoms with Crippen LogP contribution in [0.4, 0.5) is 5.69 Å². The number of hydrogen-bond acceptors (Lipinski definition) is 4. The van der Waals surface area contributed by atoms with Crippen LogP contribution in [-0.4, -0.2) is 23.7 Å². The molecule has 1 unspecified atom stereocenters. The third kappa shape index (κ3) is 5.36. The molecule has 0 radical (unpaired) electrons. The molecule has 0 aliphatic carbocycles. The summed E-state index contributed by atoms with van der Waals surface area (Å²) < 4.78 is 4.99. The van der Waals surface area contributed by atoms with E-state index in [1.165, 1.54) is 17.3 Å². The Bertz CT molecular complexity index is 756. The molecule has 1 amide bonds. The van der Waals surface area contributed by atoms with Gasteiger partial charge in [0.05, 0.1) is 17.4 Å². The number of hydrogen-bond donors (Lipinski definition) is 1. The van der Waals surface area contributed by atoms with Gasteiger partial charge in [-0.3, -0.25) is 4.79 Å². The van der Waals surface area contributed by atoms with E-state index in [4.69, 9.17) is 4.74 Å². The number of benzene rings is 2. The van der Waals surface area contributed by atoms with E-state index in [0.29, 0.717) is 17.9 Å². The lowest BCUT2D eigenvalue weighted by Crippen LogP contribution is -2.23. The van der Waals surface area contributed by atoms with Crippen molar-refractivity contribution in [1.82, 2.24) is 0 Å². The Morgan fingerprint density at radius 3 is 2.40 bits per heavy atom. The Hall–Kier alpha value is -2.27. The van der Waals surface area contributed by atoms with Crippen molar-refractivity contribution in [3.63, 3.8) is 0 Å². The maximum Gasteiger partial charge on any atom is 0.338 e. The molecule has 0 heterocycles. The molecule has 0 aromatic heterocycles. The Morgan fingerprint density at radius 1 is 1.12 bits per heavy atom. The number of aryl methyl sites for hydroxylation is 2. The first-order valence-corrected chi connectivity index (χ1v) is 9.10. The van der Waals surface area contributed by atoms with Crippen LogP contribution in [0.25, 0.3) is 0 Å². The first-order valence-electron chi connectivity index (χ1n) is 8.22. The Balaban J connectivity index is 2.01. The van der Waals surface area contributed by atoms with Gasteiger partial charge in [-0.15, -0.1) is 11.8 Å². The van der Waals surface area contributed by atoms with Crippen molar-refractivity contribution in [2.75, 3.05) is 11.9 Å². The molecule has 0 saturated carbocycles. The predicted octanol–water partition coefficient (Wildman–Crippen LogP) is 4.60. The standard InChI is InChI=1S/C20H23NO3S/c1-5-24-20(23)16-8-11-18(14(3)12-16)21-19(22)15(4)25-17-9-6-13(2)7-10-17/h6-12,15H,5H2,1-4H3,(H,21,22). The SMILES string of the molecule is CCOC(=O)c1ccc(NC(=O)C(C)Sc2ccc(C)cc2)c(C)c1. The smallest absolute Gasteiger partial charge is 0.338 e. The molecule has 25 heavy (non-hydrogen) atoms. The van der Waals surface area contributed by atoms with Gasteiger partial charge < -0.3 is 10.1 Å². The van der Waals surface area contributed by atoms with E-state index in [9.17, 15) is 9.59 Å². The number of amides is 1. The highest BCUT2D eigenvalue weighted by atomic mass is 32.2. The topological polar surface area (TPSA) is 55.4 Å². The van der Waals surface area contributed by atoms with Crippen molar-refractivity contribution >= 4 is 29.3 Å². The summed E-state index contributed by atoms with van der Waals surface area (Å²) in [4.78, 5) is 25.2. The normalized spacial score (nSPS) is 11.7. The molecular formula is C20H23NO3S. The Labute approximate surface area is 153 Å². The molecule has 0 saturated heterocycles. The number of carbonyl (C=O) groups is 2. The fourth-order valence-corrected chi connectivity index (χ4v) is 3.12. The fraction of sp³-hybridized carbons (Fsp3) is 0.300. The van der Waals surface area contributed by atoms with Gasteiger partial charge in [-0.25, -0.2) is 4.79 Å². The first kappa shape index (κ1) is 19.1. The highest BCUT2D eigenvalue weighted by Gasteiger charge is 2.16. The fourth-order valence-electron chi connectivity index (χ4n) is 2.25. The van der Waals surface area contributed by atoms with Gasteiger partial charge in [0.25, 0.3) is 0 Å². The second-order valence-electron chi connectivity index (χ2n) is 5.81. The van der Waals surface area contributed by atoms with E-state index in [-0.39, 0.29) is 17.1 Å². The zero-order chi connectivity index (χ0) is 18.4. The average Bonchev–Trinajstić information content (AvgIpc) is 2.58. The van der Waals surface area contributed by atoms with Gasteiger partial charge >= 0.3 is 5.97 Å². The minimum atomic E-state index is -0.355. The molecule has 0 bridgehead atoms. The molecule has 2 aromatic carbocycles. The van der Waals surface area contributed by atoms with Crippen molar-refractivity contribution in [2.24, 2.45) is 0 Å². The summed E-state index contributed by atoms with van der Waals surface area (Å²) in [5.74, 6) is -0.427. The van der Waals surface area contributed by atoms with Crippen LogP contribution in [0.15, 0.2) is 47.4 Å². The zero-order valence-corrected chi connectivity index (χ0v) is 15.8. The van der Waals surface area contributed by atoms with E-state index in [0.717, 1.165) is 10.5 Å². The van der Waals surface area contributed by atoms with E-state index in [1.807, 2.05) is 45.0 Å². The first-order chi connectivity index (χ1) is 11.9. The number of carbonyl (C=O) groups excluding carboxylic acids is 2. The van der Waals surface area contributed by atoms with E-state index >= 15 is 0 Å². The summed E-state index contributed by atoms with van der Waals surface area (Å²) in [5.41, 5.74) is 3.21. The number of rotatable bonds is 6. The van der Waals surface area contributed by atoms with Crippen molar-refractivity contribution in [2.45, 2.75) is 37.8 Å². The van der Waals surface area contributed by atoms with Crippen molar-refractivity contribution in [3.8, 4) is 0 Å². The van der Waals surface area contributed by atoms with Gasteiger partial charge in [0.15, 0.2) is 0 Å². The van der Waals surface area contributed by atoms with E-state index in [1.54, 1.807) is 25.1 Å². The molecule has 132 valence electrons. The molecule has 2 aromatic rings. The van der Waals surface area contributed by atoms with Crippen molar-refractivity contribution in [1.29, 1.82) is 0 Å². The van der Waals surface area contributed by atoms with Crippen LogP contribution in [0.2, 0.25) is 0 Å². The van der Waals surface area contributed by atoms with Gasteiger partial charge in [0, 0.05) is 10.6 Å². The zero-order valence-electron chi connectivity index (χ0n) is 15.0. The summed E-state index contributed by atoms with van der Waals surface area (Å²) >= 11 is 1.51. The maximum atomic E-state index is 12.4. The van der Waals surface area contributed by atoms with Crippen LogP contribution in [-0.2, 0) is 9.53 Å². The lowest BCUT2D eigenvalue weighted by molar-refractivity contribution is -0.115. The molecule has 4 nitrogen and oxygen atoms in total. The quantitative estimate of drug-likeness (QED) is 0.606. The third-order valence-electron chi connectivity index (χ3n) is 3.70. The molecule has 5 heteroatoms. The molecule has 0 aliphatic heterocycles. The van der Waals surface area contributed by atoms with Gasteiger partial charge in [0.2, 0.25) is 5.91 Å². The molecule has 0 fully saturated rings. The largest absolute Gasteiger partial charge is 0.462 e. The third-order valence-corrected chi connectivity index (χ3v) is 4.81. The summed E-state index contributed by atoms with van der Waals surface area (Å²) in [6.07, 6.45) is 0. The second-order valence-corrected chi connectivity index (χ2v) is 7.23. The lowest BCUT2D eigenvalue weighted by atomic mass is 10.1. The maximum absolute atomic E-state index is 12.4.